The molecule has 3 aromatic rings. The van der Waals surface area contributed by atoms with Gasteiger partial charge in [-0.05, 0) is 45.2 Å². The topological polar surface area (TPSA) is 81.1 Å². The van der Waals surface area contributed by atoms with Gasteiger partial charge in [-0.25, -0.2) is 4.98 Å². The molecule has 7 nitrogen and oxygen atoms in total. The number of amides is 1. The Kier molecular flexibility index (Phi) is 7.56. The standard InChI is InChI=1S/C19H23N5O2S.ClH/c1-5-26-15-8-6-13(7-9-15)16-12(2)27-19(22-16)23-18(25)17(20-3)14-10-21-24(4)11-14;/h6-11,17,20H,5H2,1-4H3,(H,22,23,25);1H. The number of aryl methyl sites for hydroxylation is 2. The second kappa shape index (κ2) is 9.68. The van der Waals surface area contributed by atoms with Gasteiger partial charge in [-0.15, -0.1) is 23.7 Å². The molecule has 28 heavy (non-hydrogen) atoms. The molecule has 2 heterocycles. The minimum Gasteiger partial charge on any atom is -0.494 e. The molecule has 0 fully saturated rings. The minimum absolute atomic E-state index is 0. The summed E-state index contributed by atoms with van der Waals surface area (Å²) in [4.78, 5) is 18.3. The fourth-order valence-corrected chi connectivity index (χ4v) is 3.65. The van der Waals surface area contributed by atoms with E-state index in [0.29, 0.717) is 11.7 Å². The van der Waals surface area contributed by atoms with Gasteiger partial charge in [0.25, 0.3) is 0 Å². The molecule has 0 saturated carbocycles. The Morgan fingerprint density at radius 2 is 2.04 bits per heavy atom. The molecule has 1 amide bonds. The van der Waals surface area contributed by atoms with Gasteiger partial charge in [-0.1, -0.05) is 0 Å². The Bertz CT molecular complexity index is 923. The van der Waals surface area contributed by atoms with Crippen molar-refractivity contribution in [3.63, 3.8) is 0 Å². The van der Waals surface area contributed by atoms with E-state index < -0.39 is 6.04 Å². The van der Waals surface area contributed by atoms with E-state index in [9.17, 15) is 4.79 Å². The van der Waals surface area contributed by atoms with Gasteiger partial charge in [-0.2, -0.15) is 5.10 Å². The summed E-state index contributed by atoms with van der Waals surface area (Å²) < 4.78 is 7.15. The smallest absolute Gasteiger partial charge is 0.247 e. The molecule has 9 heteroatoms. The van der Waals surface area contributed by atoms with E-state index in [0.717, 1.165) is 27.4 Å². The molecule has 150 valence electrons. The molecule has 0 spiro atoms. The van der Waals surface area contributed by atoms with Crippen molar-refractivity contribution in [1.82, 2.24) is 20.1 Å². The van der Waals surface area contributed by atoms with E-state index >= 15 is 0 Å². The summed E-state index contributed by atoms with van der Waals surface area (Å²) in [5.41, 5.74) is 2.66. The van der Waals surface area contributed by atoms with Gasteiger partial charge in [0.05, 0.1) is 18.5 Å². The number of hydrogen-bond acceptors (Lipinski definition) is 6. The van der Waals surface area contributed by atoms with Crippen molar-refractivity contribution in [2.45, 2.75) is 19.9 Å². The number of anilines is 1. The summed E-state index contributed by atoms with van der Waals surface area (Å²) in [5.74, 6) is 0.661. The highest BCUT2D eigenvalue weighted by Crippen LogP contribution is 2.31. The highest BCUT2D eigenvalue weighted by atomic mass is 35.5. The molecule has 0 saturated heterocycles. The molecule has 0 aliphatic rings. The van der Waals surface area contributed by atoms with Crippen LogP contribution in [0, 0.1) is 6.92 Å². The van der Waals surface area contributed by atoms with Crippen LogP contribution in [-0.4, -0.2) is 34.3 Å². The average Bonchev–Trinajstić information content (AvgIpc) is 3.22. The van der Waals surface area contributed by atoms with Crippen LogP contribution in [0.15, 0.2) is 36.7 Å². The quantitative estimate of drug-likeness (QED) is 0.609. The van der Waals surface area contributed by atoms with Crippen LogP contribution in [-0.2, 0) is 11.8 Å². The van der Waals surface area contributed by atoms with Gasteiger partial charge in [-0.3, -0.25) is 9.48 Å². The monoisotopic (exact) mass is 421 g/mol. The van der Waals surface area contributed by atoms with Crippen molar-refractivity contribution < 1.29 is 9.53 Å². The van der Waals surface area contributed by atoms with Crippen molar-refractivity contribution in [3.05, 3.63) is 47.1 Å². The maximum Gasteiger partial charge on any atom is 0.247 e. The number of thiazole rings is 1. The summed E-state index contributed by atoms with van der Waals surface area (Å²) in [5, 5.41) is 10.6. The fourth-order valence-electron chi connectivity index (χ4n) is 2.81. The van der Waals surface area contributed by atoms with Crippen LogP contribution < -0.4 is 15.4 Å². The molecule has 2 N–H and O–H groups in total. The summed E-state index contributed by atoms with van der Waals surface area (Å²) in [7, 11) is 3.57. The lowest BCUT2D eigenvalue weighted by Crippen LogP contribution is -2.30. The molecule has 0 radical (unpaired) electrons. The highest BCUT2D eigenvalue weighted by Gasteiger charge is 2.22. The van der Waals surface area contributed by atoms with Gasteiger partial charge in [0.1, 0.15) is 11.8 Å². The van der Waals surface area contributed by atoms with Crippen molar-refractivity contribution in [2.24, 2.45) is 7.05 Å². The first kappa shape index (κ1) is 21.9. The Morgan fingerprint density at radius 3 is 2.61 bits per heavy atom. The number of nitrogens with zero attached hydrogens (tertiary/aromatic N) is 3. The lowest BCUT2D eigenvalue weighted by atomic mass is 10.1. The predicted octanol–water partition coefficient (Wildman–Crippen LogP) is 3.57. The minimum atomic E-state index is -0.489. The van der Waals surface area contributed by atoms with E-state index in [2.05, 4.69) is 20.7 Å². The van der Waals surface area contributed by atoms with Crippen LogP contribution in [0.25, 0.3) is 11.3 Å². The van der Waals surface area contributed by atoms with Gasteiger partial charge in [0.2, 0.25) is 5.91 Å². The third-order valence-electron chi connectivity index (χ3n) is 4.07. The third kappa shape index (κ3) is 4.89. The molecule has 2 aromatic heterocycles. The number of rotatable bonds is 7. The van der Waals surface area contributed by atoms with Gasteiger partial charge in [0.15, 0.2) is 5.13 Å². The van der Waals surface area contributed by atoms with Crippen LogP contribution in [0.3, 0.4) is 0 Å². The lowest BCUT2D eigenvalue weighted by molar-refractivity contribution is -0.118. The van der Waals surface area contributed by atoms with Crippen molar-refractivity contribution in [3.8, 4) is 17.0 Å². The number of benzene rings is 1. The Hall–Kier alpha value is -2.42. The van der Waals surface area contributed by atoms with Gasteiger partial charge in [0, 0.05) is 29.2 Å². The Balaban J connectivity index is 0.00000280. The Morgan fingerprint density at radius 1 is 1.32 bits per heavy atom. The predicted molar refractivity (Wildman–Crippen MR) is 114 cm³/mol. The number of halogens is 1. The molecular weight excluding hydrogens is 398 g/mol. The lowest BCUT2D eigenvalue weighted by Gasteiger charge is -2.12. The number of hydrogen-bond donors (Lipinski definition) is 2. The number of ether oxygens (including phenoxy) is 1. The highest BCUT2D eigenvalue weighted by molar-refractivity contribution is 7.16. The third-order valence-corrected chi connectivity index (χ3v) is 4.96. The maximum atomic E-state index is 12.7. The normalized spacial score (nSPS) is 11.6. The molecular formula is C19H24ClN5O2S. The zero-order valence-electron chi connectivity index (χ0n) is 16.2. The number of carbonyl (C=O) groups excluding carboxylic acids is 1. The second-order valence-corrected chi connectivity index (χ2v) is 7.24. The van der Waals surface area contributed by atoms with Gasteiger partial charge >= 0.3 is 0 Å². The van der Waals surface area contributed by atoms with E-state index in [-0.39, 0.29) is 18.3 Å². The first-order valence-corrected chi connectivity index (χ1v) is 9.50. The first-order valence-electron chi connectivity index (χ1n) is 8.69. The van der Waals surface area contributed by atoms with E-state index in [1.165, 1.54) is 11.3 Å². The Labute approximate surface area is 174 Å². The molecule has 3 rings (SSSR count). The summed E-state index contributed by atoms with van der Waals surface area (Å²) in [6, 6.07) is 7.32. The van der Waals surface area contributed by atoms with E-state index in [1.807, 2.05) is 51.4 Å². The van der Waals surface area contributed by atoms with Gasteiger partial charge < -0.3 is 15.4 Å². The zero-order chi connectivity index (χ0) is 19.4. The first-order chi connectivity index (χ1) is 13.0. The number of aromatic nitrogens is 3. The number of likely N-dealkylation sites (N-methyl/N-ethyl adjacent to an activating group) is 1. The summed E-state index contributed by atoms with van der Waals surface area (Å²) >= 11 is 1.46. The van der Waals surface area contributed by atoms with Crippen molar-refractivity contribution >= 4 is 34.8 Å². The summed E-state index contributed by atoms with van der Waals surface area (Å²) in [6.45, 7) is 4.59. The van der Waals surface area contributed by atoms with Crippen LogP contribution in [0.5, 0.6) is 5.75 Å². The SMILES string of the molecule is CCOc1ccc(-c2nc(NC(=O)C(NC)c3cnn(C)c3)sc2C)cc1.Cl. The molecule has 1 atom stereocenters. The van der Waals surface area contributed by atoms with E-state index in [1.54, 1.807) is 17.9 Å². The average molecular weight is 422 g/mol. The molecule has 0 bridgehead atoms. The fraction of sp³-hybridized carbons (Fsp3) is 0.316. The van der Waals surface area contributed by atoms with Crippen LogP contribution in [0.2, 0.25) is 0 Å². The molecule has 0 aliphatic heterocycles. The molecule has 1 aromatic carbocycles. The zero-order valence-corrected chi connectivity index (χ0v) is 17.9. The molecule has 1 unspecified atom stereocenters. The summed E-state index contributed by atoms with van der Waals surface area (Å²) in [6.07, 6.45) is 3.50. The number of nitrogens with one attached hydrogen (secondary N) is 2. The van der Waals surface area contributed by atoms with Crippen LogP contribution in [0.1, 0.15) is 23.4 Å². The maximum absolute atomic E-state index is 12.7. The largest absolute Gasteiger partial charge is 0.494 e. The van der Waals surface area contributed by atoms with Crippen molar-refractivity contribution in [1.29, 1.82) is 0 Å². The van der Waals surface area contributed by atoms with E-state index in [4.69, 9.17) is 4.74 Å². The van der Waals surface area contributed by atoms with Crippen LogP contribution >= 0.6 is 23.7 Å². The second-order valence-electron chi connectivity index (χ2n) is 6.04. The van der Waals surface area contributed by atoms with Crippen LogP contribution in [0.4, 0.5) is 5.13 Å². The number of carbonyl (C=O) groups is 1. The van der Waals surface area contributed by atoms with Crippen molar-refractivity contribution in [2.75, 3.05) is 19.0 Å². The molecule has 0 aliphatic carbocycles.